The minimum atomic E-state index is -0.915. The second-order valence-corrected chi connectivity index (χ2v) is 10.6. The van der Waals surface area contributed by atoms with Gasteiger partial charge in [0.05, 0.1) is 36.0 Å². The van der Waals surface area contributed by atoms with Crippen LogP contribution in [0.3, 0.4) is 0 Å². The number of nitrogens with one attached hydrogen (secondary N) is 1. The highest BCUT2D eigenvalue weighted by Gasteiger charge is 2.49. The Morgan fingerprint density at radius 1 is 1.20 bits per heavy atom. The van der Waals surface area contributed by atoms with Gasteiger partial charge in [-0.2, -0.15) is 4.98 Å². The number of aromatic nitrogens is 3. The van der Waals surface area contributed by atoms with E-state index in [1.807, 2.05) is 13.8 Å². The number of aryl methyl sites for hydroxylation is 1. The molecule has 1 aliphatic heterocycles. The normalized spacial score (nSPS) is 17.6. The Morgan fingerprint density at radius 3 is 2.48 bits per heavy atom. The van der Waals surface area contributed by atoms with Crippen molar-refractivity contribution in [3.63, 3.8) is 0 Å². The van der Waals surface area contributed by atoms with Gasteiger partial charge in [-0.1, -0.05) is 43.1 Å². The van der Waals surface area contributed by atoms with E-state index in [0.29, 0.717) is 22.9 Å². The van der Waals surface area contributed by atoms with Crippen LogP contribution in [0.2, 0.25) is 10.0 Å². The monoisotopic (exact) mass is 587 g/mol. The molecule has 2 atom stereocenters. The maximum absolute atomic E-state index is 14.8. The van der Waals surface area contributed by atoms with Crippen LogP contribution in [0.1, 0.15) is 25.5 Å². The molecule has 1 fully saturated rings. The summed E-state index contributed by atoms with van der Waals surface area (Å²) in [5, 5.41) is 8.74. The summed E-state index contributed by atoms with van der Waals surface area (Å²) in [6, 6.07) is 4.67. The Kier molecular flexibility index (Phi) is 8.27. The van der Waals surface area contributed by atoms with Crippen molar-refractivity contribution < 1.29 is 13.9 Å². The Balaban J connectivity index is 1.97. The van der Waals surface area contributed by atoms with Gasteiger partial charge >= 0.3 is 0 Å². The summed E-state index contributed by atoms with van der Waals surface area (Å²) in [5.41, 5.74) is 0.701. The van der Waals surface area contributed by atoms with Crippen molar-refractivity contribution >= 4 is 57.9 Å². The summed E-state index contributed by atoms with van der Waals surface area (Å²) < 4.78 is 21.5. The van der Waals surface area contributed by atoms with Crippen LogP contribution >= 0.6 is 23.2 Å². The van der Waals surface area contributed by atoms with Gasteiger partial charge < -0.3 is 14.2 Å². The zero-order valence-electron chi connectivity index (χ0n) is 22.7. The summed E-state index contributed by atoms with van der Waals surface area (Å²) in [6.07, 6.45) is 2.95. The van der Waals surface area contributed by atoms with Gasteiger partial charge in [0.15, 0.2) is 0 Å². The van der Waals surface area contributed by atoms with Gasteiger partial charge in [0, 0.05) is 33.1 Å². The molecule has 0 saturated carbocycles. The number of nitrogens with zero attached hydrogens (tertiary/aromatic N) is 6. The predicted molar refractivity (Wildman–Crippen MR) is 154 cm³/mol. The van der Waals surface area contributed by atoms with Gasteiger partial charge in [0.1, 0.15) is 22.2 Å². The summed E-state index contributed by atoms with van der Waals surface area (Å²) in [4.78, 5) is 42.6. The van der Waals surface area contributed by atoms with Crippen LogP contribution in [0.15, 0.2) is 46.4 Å². The molecule has 2 unspecified atom stereocenters. The average Bonchev–Trinajstić information content (AvgIpc) is 3.16. The summed E-state index contributed by atoms with van der Waals surface area (Å²) in [5.74, 6) is -1.87. The number of rotatable bonds is 7. The Bertz CT molecular complexity index is 1560. The molecular formula is C27H28Cl2FN7O3. The lowest BCUT2D eigenvalue weighted by atomic mass is 9.83. The Morgan fingerprint density at radius 2 is 1.90 bits per heavy atom. The number of ether oxygens (including phenoxy) is 1. The topological polar surface area (TPSA) is 117 Å². The molecular weight excluding hydrogens is 560 g/mol. The van der Waals surface area contributed by atoms with E-state index >= 15 is 0 Å². The number of pyridine rings is 1. The fourth-order valence-corrected chi connectivity index (χ4v) is 4.96. The fraction of sp³-hybridized carbons (Fsp3) is 0.333. The predicted octanol–water partition coefficient (Wildman–Crippen LogP) is 4.85. The molecule has 3 heterocycles. The van der Waals surface area contributed by atoms with Crippen LogP contribution in [0, 0.1) is 23.1 Å². The second kappa shape index (κ2) is 11.3. The second-order valence-electron chi connectivity index (χ2n) is 9.80. The highest BCUT2D eigenvalue weighted by Crippen LogP contribution is 2.43. The van der Waals surface area contributed by atoms with E-state index in [1.165, 1.54) is 54.2 Å². The van der Waals surface area contributed by atoms with Crippen molar-refractivity contribution in [2.75, 3.05) is 31.0 Å². The maximum Gasteiger partial charge on any atom is 0.273 e. The highest BCUT2D eigenvalue weighted by molar-refractivity contribution is 6.49. The first-order valence-corrected chi connectivity index (χ1v) is 13.0. The number of carbonyl (C=O) groups is 1. The number of hydrogen-bond acceptors (Lipinski definition) is 8. The van der Waals surface area contributed by atoms with Crippen LogP contribution in [-0.4, -0.2) is 53.1 Å². The smallest absolute Gasteiger partial charge is 0.273 e. The SMILES string of the molecule is COc1nc(N(C)C)ncc1N=C(C(C)C)C1C(=N)C(=O)N(c2cc(Cl)c(=O)n(C)c2)C1c1ccc(Cl)c(F)c1. The lowest BCUT2D eigenvalue weighted by Gasteiger charge is -2.30. The third-order valence-electron chi connectivity index (χ3n) is 6.52. The van der Waals surface area contributed by atoms with E-state index < -0.39 is 29.2 Å². The Labute approximate surface area is 240 Å². The molecule has 13 heteroatoms. The fourth-order valence-electron chi connectivity index (χ4n) is 4.60. The van der Waals surface area contributed by atoms with Crippen LogP contribution in [0.5, 0.6) is 5.88 Å². The van der Waals surface area contributed by atoms with Gasteiger partial charge in [0.2, 0.25) is 11.8 Å². The molecule has 1 saturated heterocycles. The highest BCUT2D eigenvalue weighted by atomic mass is 35.5. The van der Waals surface area contributed by atoms with Crippen molar-refractivity contribution in [3.05, 3.63) is 68.4 Å². The van der Waals surface area contributed by atoms with Crippen molar-refractivity contribution in [2.45, 2.75) is 19.9 Å². The number of carbonyl (C=O) groups excluding carboxylic acids is 1. The number of amides is 1. The molecule has 0 radical (unpaired) electrons. The molecule has 0 spiro atoms. The van der Waals surface area contributed by atoms with Crippen LogP contribution in [0.4, 0.5) is 21.7 Å². The number of benzene rings is 1. The van der Waals surface area contributed by atoms with E-state index in [4.69, 9.17) is 38.3 Å². The van der Waals surface area contributed by atoms with Crippen molar-refractivity contribution in [1.82, 2.24) is 14.5 Å². The van der Waals surface area contributed by atoms with E-state index in [1.54, 1.807) is 25.1 Å². The molecule has 0 aliphatic carbocycles. The number of aliphatic imine (C=N–C) groups is 1. The van der Waals surface area contributed by atoms with Crippen molar-refractivity contribution in [1.29, 1.82) is 5.41 Å². The third kappa shape index (κ3) is 5.31. The standard InChI is InChI=1S/C27H28Cl2FN7O3/c1-13(2)22(33-19-11-32-27(35(3)4)34-24(19)40-6)20-21(31)26(39)37(15-10-17(29)25(38)36(5)12-15)23(20)14-7-8-16(28)18(30)9-14/h7-13,20,23,31H,1-6H3. The molecule has 0 bridgehead atoms. The molecule has 4 rings (SSSR count). The zero-order valence-corrected chi connectivity index (χ0v) is 24.2. The lowest BCUT2D eigenvalue weighted by Crippen LogP contribution is -2.33. The van der Waals surface area contributed by atoms with E-state index in [2.05, 4.69) is 9.97 Å². The van der Waals surface area contributed by atoms with Gasteiger partial charge in [-0.25, -0.2) is 14.4 Å². The lowest BCUT2D eigenvalue weighted by molar-refractivity contribution is -0.112. The maximum atomic E-state index is 14.8. The first-order valence-electron chi connectivity index (χ1n) is 12.3. The number of anilines is 2. The van der Waals surface area contributed by atoms with Crippen molar-refractivity contribution in [3.8, 4) is 5.88 Å². The molecule has 1 aliphatic rings. The third-order valence-corrected chi connectivity index (χ3v) is 7.10. The minimum Gasteiger partial charge on any atom is -0.479 e. The van der Waals surface area contributed by atoms with Crippen LogP contribution in [-0.2, 0) is 11.8 Å². The van der Waals surface area contributed by atoms with Gasteiger partial charge in [0.25, 0.3) is 11.5 Å². The number of hydrogen-bond donors (Lipinski definition) is 1. The number of halogens is 3. The summed E-state index contributed by atoms with van der Waals surface area (Å²) in [6.45, 7) is 3.76. The zero-order chi connectivity index (χ0) is 29.5. The Hall–Kier alpha value is -3.83. The average molecular weight is 588 g/mol. The molecule has 1 aromatic carbocycles. The molecule has 210 valence electrons. The molecule has 2 aromatic heterocycles. The molecule has 10 nitrogen and oxygen atoms in total. The van der Waals surface area contributed by atoms with Gasteiger partial charge in [-0.15, -0.1) is 0 Å². The van der Waals surface area contributed by atoms with E-state index in [9.17, 15) is 14.0 Å². The molecule has 1 N–H and O–H groups in total. The van der Waals surface area contributed by atoms with Crippen LogP contribution < -0.4 is 20.1 Å². The van der Waals surface area contributed by atoms with E-state index in [0.717, 1.165) is 0 Å². The quantitative estimate of drug-likeness (QED) is 0.395. The molecule has 40 heavy (non-hydrogen) atoms. The van der Waals surface area contributed by atoms with Crippen LogP contribution in [0.25, 0.3) is 0 Å². The van der Waals surface area contributed by atoms with Gasteiger partial charge in [-0.3, -0.25) is 19.9 Å². The van der Waals surface area contributed by atoms with E-state index in [-0.39, 0.29) is 33.2 Å². The summed E-state index contributed by atoms with van der Waals surface area (Å²) >= 11 is 12.2. The van der Waals surface area contributed by atoms with Gasteiger partial charge in [-0.05, 0) is 29.7 Å². The number of methoxy groups -OCH3 is 1. The molecule has 1 amide bonds. The first-order chi connectivity index (χ1) is 18.8. The van der Waals surface area contributed by atoms with Crippen molar-refractivity contribution in [2.24, 2.45) is 23.9 Å². The summed E-state index contributed by atoms with van der Waals surface area (Å²) in [7, 11) is 6.54. The first kappa shape index (κ1) is 29.2. The largest absolute Gasteiger partial charge is 0.479 e. The minimum absolute atomic E-state index is 0.0861. The molecule has 3 aromatic rings.